The van der Waals surface area contributed by atoms with Crippen molar-refractivity contribution in [3.63, 3.8) is 0 Å². The van der Waals surface area contributed by atoms with Gasteiger partial charge in [0.2, 0.25) is 5.95 Å². The van der Waals surface area contributed by atoms with Gasteiger partial charge in [-0.15, -0.1) is 0 Å². The molecule has 0 bridgehead atoms. The summed E-state index contributed by atoms with van der Waals surface area (Å²) in [6.07, 6.45) is 3.76. The minimum absolute atomic E-state index is 0.208. The van der Waals surface area contributed by atoms with Crippen LogP contribution in [0.4, 0.5) is 11.6 Å². The van der Waals surface area contributed by atoms with Crippen LogP contribution in [0.25, 0.3) is 6.08 Å². The highest BCUT2D eigenvalue weighted by molar-refractivity contribution is 6.38. The summed E-state index contributed by atoms with van der Waals surface area (Å²) in [6.45, 7) is 0. The highest BCUT2D eigenvalue weighted by atomic mass is 16.4. The topological polar surface area (TPSA) is 150 Å². The number of carboxylic acids is 2. The summed E-state index contributed by atoms with van der Waals surface area (Å²) in [5.41, 5.74) is 0.532. The van der Waals surface area contributed by atoms with E-state index in [1.807, 2.05) is 5.32 Å². The van der Waals surface area contributed by atoms with Crippen LogP contribution in [0.2, 0.25) is 0 Å². The van der Waals surface area contributed by atoms with Crippen molar-refractivity contribution in [2.75, 3.05) is 10.2 Å². The number of nitrogens with one attached hydrogen (secondary N) is 1. The maximum absolute atomic E-state index is 11.9. The third kappa shape index (κ3) is 4.71. The zero-order valence-electron chi connectivity index (χ0n) is 13.1. The Bertz CT molecular complexity index is 881. The number of rotatable bonds is 4. The minimum Gasteiger partial charge on any atom is -0.474 e. The fraction of sp³-hybridized carbons (Fsp3) is 0. The van der Waals surface area contributed by atoms with E-state index >= 15 is 0 Å². The van der Waals surface area contributed by atoms with Gasteiger partial charge in [0.25, 0.3) is 0 Å². The van der Waals surface area contributed by atoms with Crippen molar-refractivity contribution in [3.05, 3.63) is 54.5 Å². The molecule has 2 aromatic rings. The Morgan fingerprint density at radius 3 is 2.31 bits per heavy atom. The molecule has 1 aromatic carbocycles. The molecule has 2 amide bonds. The molecule has 0 radical (unpaired) electrons. The quantitative estimate of drug-likeness (QED) is 0.674. The molecule has 0 fully saturated rings. The third-order valence-electron chi connectivity index (χ3n) is 2.93. The Balaban J connectivity index is 2.27. The fourth-order valence-electron chi connectivity index (χ4n) is 1.79. The van der Waals surface area contributed by atoms with E-state index in [0.29, 0.717) is 5.69 Å². The van der Waals surface area contributed by atoms with Gasteiger partial charge in [-0.05, 0) is 24.3 Å². The van der Waals surface area contributed by atoms with E-state index < -0.39 is 23.8 Å². The number of carbonyl (C=O) groups is 4. The number of carboxylic acid groups (broad SMARTS) is 2. The number of nitrogens with zero attached hydrogens (tertiary/aromatic N) is 3. The smallest absolute Gasteiger partial charge is 0.395 e. The van der Waals surface area contributed by atoms with Gasteiger partial charge in [-0.1, -0.05) is 18.2 Å². The minimum atomic E-state index is -1.70. The summed E-state index contributed by atoms with van der Waals surface area (Å²) in [5.74, 6) is -6.08. The lowest BCUT2D eigenvalue weighted by Crippen LogP contribution is -2.32. The van der Waals surface area contributed by atoms with Crippen molar-refractivity contribution in [2.45, 2.75) is 0 Å². The van der Waals surface area contributed by atoms with Crippen LogP contribution in [0.15, 0.2) is 48.8 Å². The highest BCUT2D eigenvalue weighted by Crippen LogP contribution is 2.15. The second kappa shape index (κ2) is 8.15. The summed E-state index contributed by atoms with van der Waals surface area (Å²) in [5, 5.41) is 19.5. The summed E-state index contributed by atoms with van der Waals surface area (Å²) in [6, 6.07) is 9.48. The molecule has 0 atom stereocenters. The normalized spacial score (nSPS) is 10.3. The van der Waals surface area contributed by atoms with Crippen LogP contribution in [0.5, 0.6) is 0 Å². The van der Waals surface area contributed by atoms with E-state index in [9.17, 15) is 19.2 Å². The van der Waals surface area contributed by atoms with Gasteiger partial charge in [0.05, 0.1) is 5.69 Å². The lowest BCUT2D eigenvalue weighted by atomic mass is 10.3. The first-order valence-electron chi connectivity index (χ1n) is 7.05. The number of carbonyl (C=O) groups excluding carboxylic acids is 2. The lowest BCUT2D eigenvalue weighted by Gasteiger charge is -2.15. The molecule has 0 unspecified atom stereocenters. The van der Waals surface area contributed by atoms with Crippen LogP contribution in [0.3, 0.4) is 0 Å². The number of benzene rings is 1. The van der Waals surface area contributed by atoms with Crippen molar-refractivity contribution in [3.8, 4) is 0 Å². The molecule has 10 heteroatoms. The Labute approximate surface area is 146 Å². The summed E-state index contributed by atoms with van der Waals surface area (Å²) >= 11 is 0. The maximum Gasteiger partial charge on any atom is 0.395 e. The maximum atomic E-state index is 11.9. The largest absolute Gasteiger partial charge is 0.474 e. The number of aliphatic carboxylic acids is 2. The summed E-state index contributed by atoms with van der Waals surface area (Å²) in [4.78, 5) is 53.0. The van der Waals surface area contributed by atoms with Gasteiger partial charge in [0, 0.05) is 18.1 Å². The second-order valence-electron chi connectivity index (χ2n) is 4.70. The molecule has 0 saturated carbocycles. The predicted molar refractivity (Wildman–Crippen MR) is 88.9 cm³/mol. The van der Waals surface area contributed by atoms with Crippen LogP contribution in [-0.4, -0.2) is 43.9 Å². The zero-order valence-corrected chi connectivity index (χ0v) is 13.1. The first kappa shape index (κ1) is 18.3. The standard InChI is InChI=1S/C16H12N4O6/c21-12(14(23)24)19-16-17-8-6-10(18-16)7-9-20(13(22)15(25)26)11-4-2-1-3-5-11/h1-9H,(H,23,24)(H,25,26)(H,17,18,19,21). The number of hydrogen-bond donors (Lipinski definition) is 3. The molecule has 1 aromatic heterocycles. The van der Waals surface area contributed by atoms with Crippen molar-refractivity contribution < 1.29 is 29.4 Å². The lowest BCUT2D eigenvalue weighted by molar-refractivity contribution is -0.148. The fourth-order valence-corrected chi connectivity index (χ4v) is 1.79. The summed E-state index contributed by atoms with van der Waals surface area (Å²) in [7, 11) is 0. The highest BCUT2D eigenvalue weighted by Gasteiger charge is 2.20. The Kier molecular flexibility index (Phi) is 5.72. The number of amides is 2. The molecule has 0 aliphatic rings. The van der Waals surface area contributed by atoms with Gasteiger partial charge >= 0.3 is 23.8 Å². The Morgan fingerprint density at radius 1 is 1.00 bits per heavy atom. The summed E-state index contributed by atoms with van der Waals surface area (Å²) < 4.78 is 0. The van der Waals surface area contributed by atoms with Gasteiger partial charge in [0.1, 0.15) is 0 Å². The third-order valence-corrected chi connectivity index (χ3v) is 2.93. The number of anilines is 2. The molecule has 0 saturated heterocycles. The van der Waals surface area contributed by atoms with E-state index in [1.54, 1.807) is 30.3 Å². The van der Waals surface area contributed by atoms with Crippen LogP contribution in [-0.2, 0) is 19.2 Å². The van der Waals surface area contributed by atoms with E-state index in [-0.39, 0.29) is 11.6 Å². The first-order valence-corrected chi connectivity index (χ1v) is 7.05. The van der Waals surface area contributed by atoms with Crippen molar-refractivity contribution in [2.24, 2.45) is 0 Å². The SMILES string of the molecule is O=C(O)C(=O)Nc1nccc(C=CN(C(=O)C(=O)O)c2ccccc2)n1. The van der Waals surface area contributed by atoms with Gasteiger partial charge in [-0.3, -0.25) is 19.8 Å². The van der Waals surface area contributed by atoms with Crippen LogP contribution < -0.4 is 10.2 Å². The molecular formula is C16H12N4O6. The van der Waals surface area contributed by atoms with Crippen molar-refractivity contribution in [1.29, 1.82) is 0 Å². The molecule has 26 heavy (non-hydrogen) atoms. The predicted octanol–water partition coefficient (Wildman–Crippen LogP) is 0.588. The molecule has 3 N–H and O–H groups in total. The van der Waals surface area contributed by atoms with Crippen molar-refractivity contribution in [1.82, 2.24) is 9.97 Å². The molecule has 1 heterocycles. The first-order chi connectivity index (χ1) is 12.4. The van der Waals surface area contributed by atoms with Gasteiger partial charge < -0.3 is 10.2 Å². The van der Waals surface area contributed by atoms with Crippen LogP contribution in [0, 0.1) is 0 Å². The zero-order chi connectivity index (χ0) is 19.1. The number of aromatic nitrogens is 2. The van der Waals surface area contributed by atoms with Crippen LogP contribution in [0.1, 0.15) is 5.69 Å². The second-order valence-corrected chi connectivity index (χ2v) is 4.70. The van der Waals surface area contributed by atoms with E-state index in [0.717, 1.165) is 4.90 Å². The monoisotopic (exact) mass is 356 g/mol. The number of hydrogen-bond acceptors (Lipinski definition) is 6. The Hall–Kier alpha value is -4.08. The Morgan fingerprint density at radius 2 is 1.69 bits per heavy atom. The van der Waals surface area contributed by atoms with Gasteiger partial charge in [-0.25, -0.2) is 19.6 Å². The van der Waals surface area contributed by atoms with E-state index in [2.05, 4.69) is 9.97 Å². The molecule has 10 nitrogen and oxygen atoms in total. The molecule has 132 valence electrons. The van der Waals surface area contributed by atoms with Gasteiger partial charge in [0.15, 0.2) is 0 Å². The van der Waals surface area contributed by atoms with Crippen LogP contribution >= 0.6 is 0 Å². The average molecular weight is 356 g/mol. The molecule has 0 aliphatic heterocycles. The molecule has 2 rings (SSSR count). The molecule has 0 spiro atoms. The molecular weight excluding hydrogens is 344 g/mol. The van der Waals surface area contributed by atoms with E-state index in [1.165, 1.54) is 24.5 Å². The van der Waals surface area contributed by atoms with Crippen molar-refractivity contribution >= 4 is 41.5 Å². The molecule has 0 aliphatic carbocycles. The average Bonchev–Trinajstić information content (AvgIpc) is 2.62. The van der Waals surface area contributed by atoms with Gasteiger partial charge in [-0.2, -0.15) is 0 Å². The number of para-hydroxylation sites is 1. The van der Waals surface area contributed by atoms with E-state index in [4.69, 9.17) is 10.2 Å².